The van der Waals surface area contributed by atoms with E-state index < -0.39 is 0 Å². The molecular formula is C12H22ClN3. The number of nitrogens with one attached hydrogen (secondary N) is 1. The van der Waals surface area contributed by atoms with Gasteiger partial charge in [-0.05, 0) is 47.1 Å². The minimum absolute atomic E-state index is 0.188. The summed E-state index contributed by atoms with van der Waals surface area (Å²) in [6, 6.07) is 0. The quantitative estimate of drug-likeness (QED) is 0.825. The lowest BCUT2D eigenvalue weighted by molar-refractivity contribution is 0.422. The Kier molecular flexibility index (Phi) is 4.39. The normalized spacial score (nSPS) is 12.1. The van der Waals surface area contributed by atoms with Crippen molar-refractivity contribution in [2.45, 2.75) is 46.1 Å². The van der Waals surface area contributed by atoms with Gasteiger partial charge in [-0.25, -0.2) is 0 Å². The fourth-order valence-electron chi connectivity index (χ4n) is 1.69. The second kappa shape index (κ2) is 5.19. The van der Waals surface area contributed by atoms with Crippen molar-refractivity contribution in [3.8, 4) is 0 Å². The Bertz CT molecular complexity index is 350. The fraction of sp³-hybridized carbons (Fsp3) is 0.750. The molecule has 0 aliphatic heterocycles. The summed E-state index contributed by atoms with van der Waals surface area (Å²) in [4.78, 5) is 0. The third-order valence-corrected chi connectivity index (χ3v) is 3.00. The van der Waals surface area contributed by atoms with Crippen LogP contribution in [0.3, 0.4) is 0 Å². The van der Waals surface area contributed by atoms with Gasteiger partial charge in [0.1, 0.15) is 5.15 Å². The first-order chi connectivity index (χ1) is 7.31. The van der Waals surface area contributed by atoms with Crippen LogP contribution in [0.4, 0.5) is 0 Å². The average Bonchev–Trinajstić information content (AvgIpc) is 2.36. The Morgan fingerprint density at radius 2 is 2.00 bits per heavy atom. The molecule has 1 aromatic heterocycles. The minimum atomic E-state index is 0.188. The third kappa shape index (κ3) is 3.80. The van der Waals surface area contributed by atoms with Crippen molar-refractivity contribution in [3.63, 3.8) is 0 Å². The topological polar surface area (TPSA) is 29.9 Å². The summed E-state index contributed by atoms with van der Waals surface area (Å²) in [7, 11) is 1.88. The Morgan fingerprint density at radius 1 is 1.38 bits per heavy atom. The maximum Gasteiger partial charge on any atom is 0.130 e. The van der Waals surface area contributed by atoms with Crippen molar-refractivity contribution >= 4 is 11.6 Å². The van der Waals surface area contributed by atoms with Crippen LogP contribution in [0.5, 0.6) is 0 Å². The van der Waals surface area contributed by atoms with Gasteiger partial charge in [-0.2, -0.15) is 5.10 Å². The van der Waals surface area contributed by atoms with Crippen LogP contribution in [-0.2, 0) is 13.5 Å². The van der Waals surface area contributed by atoms with Crippen LogP contribution in [0.1, 0.15) is 38.4 Å². The number of aromatic nitrogens is 2. The van der Waals surface area contributed by atoms with E-state index in [-0.39, 0.29) is 5.54 Å². The van der Waals surface area contributed by atoms with E-state index in [4.69, 9.17) is 11.6 Å². The van der Waals surface area contributed by atoms with Crippen LogP contribution < -0.4 is 5.32 Å². The van der Waals surface area contributed by atoms with Gasteiger partial charge in [-0.15, -0.1) is 0 Å². The van der Waals surface area contributed by atoms with Crippen molar-refractivity contribution < 1.29 is 0 Å². The molecule has 16 heavy (non-hydrogen) atoms. The zero-order chi connectivity index (χ0) is 12.3. The summed E-state index contributed by atoms with van der Waals surface area (Å²) in [6.45, 7) is 9.55. The molecule has 0 aromatic carbocycles. The van der Waals surface area contributed by atoms with Crippen LogP contribution in [0.2, 0.25) is 5.15 Å². The summed E-state index contributed by atoms with van der Waals surface area (Å²) in [5, 5.41) is 8.54. The van der Waals surface area contributed by atoms with Crippen molar-refractivity contribution in [2.24, 2.45) is 7.05 Å². The molecule has 92 valence electrons. The summed E-state index contributed by atoms with van der Waals surface area (Å²) in [6.07, 6.45) is 2.07. The molecule has 0 amide bonds. The highest BCUT2D eigenvalue weighted by Crippen LogP contribution is 2.19. The summed E-state index contributed by atoms with van der Waals surface area (Å²) in [5.41, 5.74) is 2.41. The SMILES string of the molecule is Cc1nn(C)c(Cl)c1CCCNC(C)(C)C. The molecule has 4 heteroatoms. The number of rotatable bonds is 4. The summed E-state index contributed by atoms with van der Waals surface area (Å²) >= 11 is 6.16. The van der Waals surface area contributed by atoms with Gasteiger partial charge in [-0.1, -0.05) is 11.6 Å². The molecule has 3 nitrogen and oxygen atoms in total. The highest BCUT2D eigenvalue weighted by atomic mass is 35.5. The second-order valence-corrected chi connectivity index (χ2v) is 5.62. The Morgan fingerprint density at radius 3 is 2.44 bits per heavy atom. The molecule has 1 rings (SSSR count). The van der Waals surface area contributed by atoms with E-state index in [1.54, 1.807) is 4.68 Å². The number of hydrogen-bond donors (Lipinski definition) is 1. The van der Waals surface area contributed by atoms with E-state index in [9.17, 15) is 0 Å². The molecular weight excluding hydrogens is 222 g/mol. The fourth-order valence-corrected chi connectivity index (χ4v) is 1.96. The predicted molar refractivity (Wildman–Crippen MR) is 69.0 cm³/mol. The Hall–Kier alpha value is -0.540. The smallest absolute Gasteiger partial charge is 0.130 e. The van der Waals surface area contributed by atoms with Crippen LogP contribution >= 0.6 is 11.6 Å². The average molecular weight is 244 g/mol. The van der Waals surface area contributed by atoms with E-state index in [2.05, 4.69) is 31.2 Å². The lowest BCUT2D eigenvalue weighted by Crippen LogP contribution is -2.36. The predicted octanol–water partition coefficient (Wildman–Crippen LogP) is 2.70. The van der Waals surface area contributed by atoms with Gasteiger partial charge >= 0.3 is 0 Å². The largest absolute Gasteiger partial charge is 0.312 e. The van der Waals surface area contributed by atoms with Gasteiger partial charge in [0.25, 0.3) is 0 Å². The van der Waals surface area contributed by atoms with Gasteiger partial charge in [0.15, 0.2) is 0 Å². The monoisotopic (exact) mass is 243 g/mol. The zero-order valence-electron chi connectivity index (χ0n) is 10.9. The second-order valence-electron chi connectivity index (χ2n) is 5.26. The van der Waals surface area contributed by atoms with Crippen molar-refractivity contribution in [2.75, 3.05) is 6.54 Å². The number of nitrogens with zero attached hydrogens (tertiary/aromatic N) is 2. The zero-order valence-corrected chi connectivity index (χ0v) is 11.6. The van der Waals surface area contributed by atoms with Crippen LogP contribution in [0.25, 0.3) is 0 Å². The van der Waals surface area contributed by atoms with Crippen molar-refractivity contribution in [1.82, 2.24) is 15.1 Å². The number of hydrogen-bond acceptors (Lipinski definition) is 2. The highest BCUT2D eigenvalue weighted by Gasteiger charge is 2.11. The number of halogens is 1. The summed E-state index contributed by atoms with van der Waals surface area (Å²) < 4.78 is 1.74. The van der Waals surface area contributed by atoms with Crippen molar-refractivity contribution in [3.05, 3.63) is 16.4 Å². The minimum Gasteiger partial charge on any atom is -0.312 e. The molecule has 0 aliphatic carbocycles. The third-order valence-electron chi connectivity index (χ3n) is 2.53. The van der Waals surface area contributed by atoms with Gasteiger partial charge in [-0.3, -0.25) is 4.68 Å². The molecule has 0 saturated carbocycles. The standard InChI is InChI=1S/C12H22ClN3/c1-9-10(11(13)16(5)15-9)7-6-8-14-12(2,3)4/h14H,6-8H2,1-5H3. The molecule has 0 radical (unpaired) electrons. The molecule has 1 heterocycles. The van der Waals surface area contributed by atoms with Gasteiger partial charge in [0.2, 0.25) is 0 Å². The molecule has 0 unspecified atom stereocenters. The Balaban J connectivity index is 2.43. The molecule has 0 spiro atoms. The first kappa shape index (κ1) is 13.5. The molecule has 1 aromatic rings. The first-order valence-electron chi connectivity index (χ1n) is 5.74. The molecule has 0 fully saturated rings. The highest BCUT2D eigenvalue weighted by molar-refractivity contribution is 6.30. The van der Waals surface area contributed by atoms with Crippen LogP contribution in [0, 0.1) is 6.92 Å². The maximum absolute atomic E-state index is 6.16. The van der Waals surface area contributed by atoms with Crippen molar-refractivity contribution in [1.29, 1.82) is 0 Å². The molecule has 0 atom stereocenters. The van der Waals surface area contributed by atoms with Crippen LogP contribution in [-0.4, -0.2) is 21.9 Å². The first-order valence-corrected chi connectivity index (χ1v) is 6.12. The maximum atomic E-state index is 6.16. The molecule has 0 bridgehead atoms. The Labute approximate surface area is 103 Å². The van der Waals surface area contributed by atoms with E-state index in [0.29, 0.717) is 0 Å². The van der Waals surface area contributed by atoms with E-state index >= 15 is 0 Å². The van der Waals surface area contributed by atoms with E-state index in [1.807, 2.05) is 14.0 Å². The number of aryl methyl sites for hydroxylation is 2. The molecule has 0 saturated heterocycles. The van der Waals surface area contributed by atoms with Gasteiger partial charge < -0.3 is 5.32 Å². The van der Waals surface area contributed by atoms with E-state index in [1.165, 1.54) is 5.56 Å². The summed E-state index contributed by atoms with van der Waals surface area (Å²) in [5.74, 6) is 0. The van der Waals surface area contributed by atoms with E-state index in [0.717, 1.165) is 30.2 Å². The molecule has 1 N–H and O–H groups in total. The van der Waals surface area contributed by atoms with Gasteiger partial charge in [0, 0.05) is 18.2 Å². The lowest BCUT2D eigenvalue weighted by Gasteiger charge is -2.20. The molecule has 0 aliphatic rings. The van der Waals surface area contributed by atoms with Gasteiger partial charge in [0.05, 0.1) is 5.69 Å². The lowest BCUT2D eigenvalue weighted by atomic mass is 10.1. The van der Waals surface area contributed by atoms with Crippen LogP contribution in [0.15, 0.2) is 0 Å².